The van der Waals surface area contributed by atoms with Gasteiger partial charge in [0, 0.05) is 14.1 Å². The standard InChI is InChI=1S/C9H12ClN2/c1-11-7-4-5-9(12(2)3)8(10)6-7/h4-6H,1-3H3/q-1. The Kier molecular flexibility index (Phi) is 2.82. The second-order valence-corrected chi connectivity index (χ2v) is 3.16. The molecule has 0 aliphatic rings. The summed E-state index contributed by atoms with van der Waals surface area (Å²) in [6, 6.07) is 5.77. The van der Waals surface area contributed by atoms with Crippen LogP contribution in [0.25, 0.3) is 5.32 Å². The Morgan fingerprint density at radius 2 is 2.00 bits per heavy atom. The quantitative estimate of drug-likeness (QED) is 0.689. The molecule has 0 saturated carbocycles. The third-order valence-corrected chi connectivity index (χ3v) is 1.97. The number of nitrogens with zero attached hydrogens (tertiary/aromatic N) is 2. The van der Waals surface area contributed by atoms with Gasteiger partial charge in [-0.1, -0.05) is 23.7 Å². The number of halogens is 1. The summed E-state index contributed by atoms with van der Waals surface area (Å²) in [6.07, 6.45) is 0. The molecule has 0 aliphatic heterocycles. The van der Waals surface area contributed by atoms with Crippen molar-refractivity contribution in [3.05, 3.63) is 28.5 Å². The fourth-order valence-corrected chi connectivity index (χ4v) is 1.34. The van der Waals surface area contributed by atoms with E-state index >= 15 is 0 Å². The van der Waals surface area contributed by atoms with Crippen LogP contribution >= 0.6 is 11.6 Å². The topological polar surface area (TPSA) is 17.3 Å². The van der Waals surface area contributed by atoms with Crippen molar-refractivity contribution in [1.82, 2.24) is 0 Å². The van der Waals surface area contributed by atoms with E-state index in [2.05, 4.69) is 5.32 Å². The fraction of sp³-hybridized carbons (Fsp3) is 0.333. The van der Waals surface area contributed by atoms with Gasteiger partial charge in [-0.15, -0.1) is 12.7 Å². The Morgan fingerprint density at radius 1 is 1.33 bits per heavy atom. The van der Waals surface area contributed by atoms with Crippen molar-refractivity contribution in [3.63, 3.8) is 0 Å². The first-order valence-corrected chi connectivity index (χ1v) is 4.09. The molecular weight excluding hydrogens is 172 g/mol. The monoisotopic (exact) mass is 183 g/mol. The molecule has 0 spiro atoms. The van der Waals surface area contributed by atoms with Crippen LogP contribution in [0, 0.1) is 0 Å². The van der Waals surface area contributed by atoms with Crippen LogP contribution in [0.2, 0.25) is 5.02 Å². The molecule has 0 aromatic heterocycles. The molecule has 12 heavy (non-hydrogen) atoms. The number of anilines is 1. The largest absolute Gasteiger partial charge is 0.687 e. The van der Waals surface area contributed by atoms with Crippen LogP contribution in [-0.4, -0.2) is 21.1 Å². The highest BCUT2D eigenvalue weighted by atomic mass is 35.5. The second kappa shape index (κ2) is 3.68. The lowest BCUT2D eigenvalue weighted by atomic mass is 10.2. The Labute approximate surface area is 78.1 Å². The van der Waals surface area contributed by atoms with Crippen LogP contribution in [0.5, 0.6) is 0 Å². The van der Waals surface area contributed by atoms with Crippen molar-refractivity contribution in [2.75, 3.05) is 26.0 Å². The first-order chi connectivity index (χ1) is 5.65. The van der Waals surface area contributed by atoms with Crippen LogP contribution in [0.1, 0.15) is 0 Å². The molecule has 0 amide bonds. The summed E-state index contributed by atoms with van der Waals surface area (Å²) >= 11 is 6.00. The Bertz CT molecular complexity index is 271. The van der Waals surface area contributed by atoms with Gasteiger partial charge in [-0.25, -0.2) is 0 Å². The molecular formula is C9H12ClN2-. The van der Waals surface area contributed by atoms with Crippen molar-refractivity contribution in [2.24, 2.45) is 0 Å². The molecule has 0 saturated heterocycles. The molecule has 0 heterocycles. The number of hydrogen-bond donors (Lipinski definition) is 0. The molecule has 0 N–H and O–H groups in total. The Morgan fingerprint density at radius 3 is 2.42 bits per heavy atom. The molecule has 0 atom stereocenters. The minimum Gasteiger partial charge on any atom is -0.687 e. The summed E-state index contributed by atoms with van der Waals surface area (Å²) in [7, 11) is 5.68. The number of benzene rings is 1. The van der Waals surface area contributed by atoms with Crippen LogP contribution in [0.4, 0.5) is 11.4 Å². The van der Waals surface area contributed by atoms with E-state index in [1.165, 1.54) is 0 Å². The third-order valence-electron chi connectivity index (χ3n) is 1.67. The number of rotatable bonds is 2. The van der Waals surface area contributed by atoms with Gasteiger partial charge in [0.15, 0.2) is 0 Å². The lowest BCUT2D eigenvalue weighted by Gasteiger charge is -2.19. The van der Waals surface area contributed by atoms with Crippen LogP contribution in [0.3, 0.4) is 0 Å². The van der Waals surface area contributed by atoms with Crippen LogP contribution in [0.15, 0.2) is 18.2 Å². The molecule has 1 aromatic carbocycles. The molecule has 0 aliphatic carbocycles. The van der Waals surface area contributed by atoms with Crippen molar-refractivity contribution in [1.29, 1.82) is 0 Å². The summed E-state index contributed by atoms with van der Waals surface area (Å²) in [5.74, 6) is 0. The maximum Gasteiger partial charge on any atom is 0.0627 e. The van der Waals surface area contributed by atoms with Gasteiger partial charge in [-0.2, -0.15) is 0 Å². The molecule has 0 unspecified atom stereocenters. The van der Waals surface area contributed by atoms with Gasteiger partial charge < -0.3 is 10.2 Å². The summed E-state index contributed by atoms with van der Waals surface area (Å²) in [5, 5.41) is 4.77. The fourth-order valence-electron chi connectivity index (χ4n) is 0.998. The summed E-state index contributed by atoms with van der Waals surface area (Å²) in [4.78, 5) is 1.97. The highest BCUT2D eigenvalue weighted by molar-refractivity contribution is 6.33. The van der Waals surface area contributed by atoms with E-state index in [1.54, 1.807) is 7.05 Å². The average Bonchev–Trinajstić information content (AvgIpc) is 2.03. The smallest absolute Gasteiger partial charge is 0.0627 e. The van der Waals surface area contributed by atoms with E-state index in [0.717, 1.165) is 16.4 Å². The molecule has 1 rings (SSSR count). The molecule has 0 fully saturated rings. The minimum atomic E-state index is 0.739. The van der Waals surface area contributed by atoms with Crippen molar-refractivity contribution < 1.29 is 0 Å². The molecule has 1 aromatic rings. The van der Waals surface area contributed by atoms with Crippen molar-refractivity contribution in [2.45, 2.75) is 0 Å². The zero-order valence-corrected chi connectivity index (χ0v) is 8.26. The van der Waals surface area contributed by atoms with Gasteiger partial charge in [-0.3, -0.25) is 0 Å². The van der Waals surface area contributed by atoms with E-state index in [4.69, 9.17) is 11.6 Å². The van der Waals surface area contributed by atoms with Gasteiger partial charge in [0.25, 0.3) is 0 Å². The van der Waals surface area contributed by atoms with E-state index < -0.39 is 0 Å². The van der Waals surface area contributed by atoms with E-state index in [-0.39, 0.29) is 0 Å². The maximum absolute atomic E-state index is 6.00. The predicted octanol–water partition coefficient (Wildman–Crippen LogP) is 3.04. The predicted molar refractivity (Wildman–Crippen MR) is 54.7 cm³/mol. The molecule has 0 radical (unpaired) electrons. The molecule has 3 heteroatoms. The molecule has 2 nitrogen and oxygen atoms in total. The summed E-state index contributed by atoms with van der Waals surface area (Å²) in [5.41, 5.74) is 1.93. The van der Waals surface area contributed by atoms with Crippen LogP contribution < -0.4 is 4.90 Å². The Hall–Kier alpha value is -0.890. The van der Waals surface area contributed by atoms with E-state index in [1.807, 2.05) is 37.2 Å². The summed E-state index contributed by atoms with van der Waals surface area (Å²) < 4.78 is 0. The first kappa shape index (κ1) is 9.20. The summed E-state index contributed by atoms with van der Waals surface area (Å²) in [6.45, 7) is 0. The van der Waals surface area contributed by atoms with E-state index in [9.17, 15) is 0 Å². The second-order valence-electron chi connectivity index (χ2n) is 2.75. The highest BCUT2D eigenvalue weighted by Crippen LogP contribution is 2.29. The van der Waals surface area contributed by atoms with Gasteiger partial charge in [0.2, 0.25) is 0 Å². The number of hydrogen-bond acceptors (Lipinski definition) is 1. The van der Waals surface area contributed by atoms with Gasteiger partial charge >= 0.3 is 0 Å². The van der Waals surface area contributed by atoms with Gasteiger partial charge in [0.1, 0.15) is 0 Å². The lowest BCUT2D eigenvalue weighted by Crippen LogP contribution is -2.08. The van der Waals surface area contributed by atoms with Crippen molar-refractivity contribution in [3.8, 4) is 0 Å². The SMILES string of the molecule is C[N-]c1ccc(N(C)C)c(Cl)c1. The van der Waals surface area contributed by atoms with Gasteiger partial charge in [-0.05, 0) is 6.07 Å². The van der Waals surface area contributed by atoms with E-state index in [0.29, 0.717) is 0 Å². The highest BCUT2D eigenvalue weighted by Gasteiger charge is 1.99. The average molecular weight is 184 g/mol. The lowest BCUT2D eigenvalue weighted by molar-refractivity contribution is 1.13. The third kappa shape index (κ3) is 1.83. The molecule has 0 bridgehead atoms. The Balaban J connectivity index is 3.03. The van der Waals surface area contributed by atoms with Crippen LogP contribution in [-0.2, 0) is 0 Å². The maximum atomic E-state index is 6.00. The minimum absolute atomic E-state index is 0.739. The zero-order valence-electron chi connectivity index (χ0n) is 7.50. The van der Waals surface area contributed by atoms with Crippen molar-refractivity contribution >= 4 is 23.0 Å². The first-order valence-electron chi connectivity index (χ1n) is 3.72. The van der Waals surface area contributed by atoms with Gasteiger partial charge in [0.05, 0.1) is 10.7 Å². The molecule has 66 valence electrons. The zero-order chi connectivity index (χ0) is 9.14. The normalized spacial score (nSPS) is 9.67.